The maximum absolute atomic E-state index is 12.0. The fourth-order valence-electron chi connectivity index (χ4n) is 2.36. The zero-order chi connectivity index (χ0) is 12.5. The van der Waals surface area contributed by atoms with Gasteiger partial charge in [-0.3, -0.25) is 4.79 Å². The normalized spacial score (nSPS) is 23.6. The Morgan fingerprint density at radius 1 is 1.39 bits per heavy atom. The van der Waals surface area contributed by atoms with Crippen LogP contribution in [0.25, 0.3) is 10.9 Å². The number of methoxy groups -OCH3 is 1. The van der Waals surface area contributed by atoms with Crippen LogP contribution < -0.4 is 10.9 Å². The first-order valence-electron chi connectivity index (χ1n) is 6.03. The van der Waals surface area contributed by atoms with Crippen LogP contribution in [0.3, 0.4) is 0 Å². The highest BCUT2D eigenvalue weighted by atomic mass is 16.5. The van der Waals surface area contributed by atoms with E-state index in [0.29, 0.717) is 11.2 Å². The van der Waals surface area contributed by atoms with Gasteiger partial charge in [0, 0.05) is 13.7 Å². The Bertz CT molecular complexity index is 623. The van der Waals surface area contributed by atoms with Crippen molar-refractivity contribution in [3.8, 4) is 0 Å². The maximum atomic E-state index is 12.0. The molecule has 0 spiro atoms. The van der Waals surface area contributed by atoms with Crippen molar-refractivity contribution in [2.45, 2.75) is 18.6 Å². The number of hydrogen-bond donors (Lipinski definition) is 2. The van der Waals surface area contributed by atoms with Gasteiger partial charge in [0.1, 0.15) is 5.82 Å². The lowest BCUT2D eigenvalue weighted by Gasteiger charge is -2.10. The second-order valence-corrected chi connectivity index (χ2v) is 4.52. The molecule has 0 amide bonds. The number of hydrogen-bond acceptors (Lipinski definition) is 4. The minimum atomic E-state index is -0.0849. The molecule has 2 atom stereocenters. The van der Waals surface area contributed by atoms with E-state index in [2.05, 4.69) is 15.3 Å². The van der Waals surface area contributed by atoms with Gasteiger partial charge in [0.15, 0.2) is 0 Å². The number of aromatic amines is 1. The number of nitrogens with one attached hydrogen (secondary N) is 2. The zero-order valence-electron chi connectivity index (χ0n) is 10.1. The monoisotopic (exact) mass is 245 g/mol. The highest BCUT2D eigenvalue weighted by molar-refractivity contribution is 5.77. The Balaban J connectivity index is 2.01. The van der Waals surface area contributed by atoms with Gasteiger partial charge >= 0.3 is 0 Å². The van der Waals surface area contributed by atoms with E-state index in [9.17, 15) is 4.79 Å². The van der Waals surface area contributed by atoms with Crippen LogP contribution in [0, 0.1) is 0 Å². The van der Waals surface area contributed by atoms with Crippen LogP contribution in [-0.2, 0) is 4.74 Å². The lowest BCUT2D eigenvalue weighted by molar-refractivity contribution is 0.117. The van der Waals surface area contributed by atoms with E-state index in [0.717, 1.165) is 18.5 Å². The van der Waals surface area contributed by atoms with Crippen LogP contribution in [0.2, 0.25) is 0 Å². The second-order valence-electron chi connectivity index (χ2n) is 4.52. The third-order valence-corrected chi connectivity index (χ3v) is 3.39. The van der Waals surface area contributed by atoms with Gasteiger partial charge in [-0.05, 0) is 18.6 Å². The molecule has 0 radical (unpaired) electrons. The summed E-state index contributed by atoms with van der Waals surface area (Å²) in [5.74, 6) is 0.693. The SMILES string of the molecule is CO[C@H]1CN[C@@H](c2nc3ccccc3c(=O)[nH]2)C1. The van der Waals surface area contributed by atoms with E-state index in [-0.39, 0.29) is 17.7 Å². The Hall–Kier alpha value is -1.72. The molecule has 0 aliphatic carbocycles. The third-order valence-electron chi connectivity index (χ3n) is 3.39. The molecule has 18 heavy (non-hydrogen) atoms. The van der Waals surface area contributed by atoms with Crippen LogP contribution in [-0.4, -0.2) is 29.7 Å². The number of ether oxygens (including phenoxy) is 1. The number of aromatic nitrogens is 2. The molecule has 3 rings (SSSR count). The fraction of sp³-hybridized carbons (Fsp3) is 0.385. The van der Waals surface area contributed by atoms with Crippen molar-refractivity contribution >= 4 is 10.9 Å². The van der Waals surface area contributed by atoms with Crippen molar-refractivity contribution in [3.63, 3.8) is 0 Å². The van der Waals surface area contributed by atoms with Crippen molar-refractivity contribution in [1.29, 1.82) is 0 Å². The molecule has 0 saturated carbocycles. The summed E-state index contributed by atoms with van der Waals surface area (Å²) in [4.78, 5) is 19.3. The fourth-order valence-corrected chi connectivity index (χ4v) is 2.36. The number of para-hydroxylation sites is 1. The van der Waals surface area contributed by atoms with Gasteiger partial charge in [0.2, 0.25) is 0 Å². The molecule has 1 aromatic heterocycles. The summed E-state index contributed by atoms with van der Waals surface area (Å²) in [5, 5.41) is 3.94. The van der Waals surface area contributed by atoms with Crippen molar-refractivity contribution in [2.24, 2.45) is 0 Å². The Morgan fingerprint density at radius 3 is 3.00 bits per heavy atom. The molecule has 2 N–H and O–H groups in total. The topological polar surface area (TPSA) is 67.0 Å². The standard InChI is InChI=1S/C13H15N3O2/c1-18-8-6-11(14-7-8)12-15-10-5-3-2-4-9(10)13(17)16-12/h2-5,8,11,14H,6-7H2,1H3,(H,15,16,17)/t8-,11-/m1/s1. The molecule has 5 nitrogen and oxygen atoms in total. The number of rotatable bonds is 2. The zero-order valence-corrected chi connectivity index (χ0v) is 10.1. The largest absolute Gasteiger partial charge is 0.380 e. The Kier molecular flexibility index (Phi) is 2.85. The summed E-state index contributed by atoms with van der Waals surface area (Å²) in [6.07, 6.45) is 1.02. The third kappa shape index (κ3) is 1.91. The Labute approximate surface area is 104 Å². The van der Waals surface area contributed by atoms with Crippen LogP contribution in [0.1, 0.15) is 18.3 Å². The van der Waals surface area contributed by atoms with Gasteiger partial charge in [0.25, 0.3) is 5.56 Å². The molecule has 2 aromatic rings. The molecule has 0 unspecified atom stereocenters. The summed E-state index contributed by atoms with van der Waals surface area (Å²) in [6, 6.07) is 7.43. The summed E-state index contributed by atoms with van der Waals surface area (Å²) in [7, 11) is 1.70. The molecule has 94 valence electrons. The van der Waals surface area contributed by atoms with E-state index >= 15 is 0 Å². The number of fused-ring (bicyclic) bond motifs is 1. The molecule has 5 heteroatoms. The first-order chi connectivity index (χ1) is 8.78. The molecular weight excluding hydrogens is 230 g/mol. The maximum Gasteiger partial charge on any atom is 0.258 e. The molecule has 1 aliphatic rings. The number of H-pyrrole nitrogens is 1. The van der Waals surface area contributed by atoms with Crippen molar-refractivity contribution in [3.05, 3.63) is 40.4 Å². The first-order valence-corrected chi connectivity index (χ1v) is 6.03. The van der Waals surface area contributed by atoms with E-state index in [4.69, 9.17) is 4.74 Å². The average Bonchev–Trinajstić information content (AvgIpc) is 2.87. The smallest absolute Gasteiger partial charge is 0.258 e. The van der Waals surface area contributed by atoms with E-state index in [1.165, 1.54) is 0 Å². The molecule has 1 saturated heterocycles. The minimum absolute atomic E-state index is 0.0623. The predicted octanol–water partition coefficient (Wildman–Crippen LogP) is 0.972. The second kappa shape index (κ2) is 4.51. The van der Waals surface area contributed by atoms with Crippen molar-refractivity contribution in [1.82, 2.24) is 15.3 Å². The molecule has 2 heterocycles. The van der Waals surface area contributed by atoms with Gasteiger partial charge in [-0.1, -0.05) is 12.1 Å². The minimum Gasteiger partial charge on any atom is -0.380 e. The van der Waals surface area contributed by atoms with Crippen molar-refractivity contribution in [2.75, 3.05) is 13.7 Å². The van der Waals surface area contributed by atoms with Gasteiger partial charge < -0.3 is 15.0 Å². The van der Waals surface area contributed by atoms with Gasteiger partial charge in [0.05, 0.1) is 23.0 Å². The summed E-state index contributed by atoms with van der Waals surface area (Å²) in [5.41, 5.74) is 0.650. The van der Waals surface area contributed by atoms with Crippen LogP contribution in [0.5, 0.6) is 0 Å². The van der Waals surface area contributed by atoms with Crippen molar-refractivity contribution < 1.29 is 4.74 Å². The lowest BCUT2D eigenvalue weighted by Crippen LogP contribution is -2.21. The summed E-state index contributed by atoms with van der Waals surface area (Å²) < 4.78 is 5.30. The van der Waals surface area contributed by atoms with Gasteiger partial charge in [-0.15, -0.1) is 0 Å². The van der Waals surface area contributed by atoms with E-state index < -0.39 is 0 Å². The Morgan fingerprint density at radius 2 is 2.22 bits per heavy atom. The van der Waals surface area contributed by atoms with E-state index in [1.807, 2.05) is 18.2 Å². The molecular formula is C13H15N3O2. The van der Waals surface area contributed by atoms with Gasteiger partial charge in [-0.2, -0.15) is 0 Å². The van der Waals surface area contributed by atoms with Crippen LogP contribution in [0.4, 0.5) is 0 Å². The quantitative estimate of drug-likeness (QED) is 0.827. The summed E-state index contributed by atoms with van der Waals surface area (Å²) >= 11 is 0. The van der Waals surface area contributed by atoms with Crippen LogP contribution in [0.15, 0.2) is 29.1 Å². The number of nitrogens with zero attached hydrogens (tertiary/aromatic N) is 1. The highest BCUT2D eigenvalue weighted by Gasteiger charge is 2.26. The molecule has 1 aliphatic heterocycles. The molecule has 0 bridgehead atoms. The highest BCUT2D eigenvalue weighted by Crippen LogP contribution is 2.22. The van der Waals surface area contributed by atoms with Gasteiger partial charge in [-0.25, -0.2) is 4.98 Å². The number of benzene rings is 1. The molecule has 1 aromatic carbocycles. The van der Waals surface area contributed by atoms with E-state index in [1.54, 1.807) is 13.2 Å². The average molecular weight is 245 g/mol. The lowest BCUT2D eigenvalue weighted by atomic mass is 10.1. The molecule has 1 fully saturated rings. The van der Waals surface area contributed by atoms with Crippen LogP contribution >= 0.6 is 0 Å². The first kappa shape index (κ1) is 11.4. The predicted molar refractivity (Wildman–Crippen MR) is 68.5 cm³/mol. The summed E-state index contributed by atoms with van der Waals surface area (Å²) in [6.45, 7) is 0.789.